The van der Waals surface area contributed by atoms with Crippen LogP contribution < -0.4 is 0 Å². The summed E-state index contributed by atoms with van der Waals surface area (Å²) in [7, 11) is 3.90. The number of carbonyl (C=O) groups excluding carboxylic acids is 2. The number of aliphatic hydroxyl groups excluding tert-OH is 1. The van der Waals surface area contributed by atoms with Gasteiger partial charge < -0.3 is 19.3 Å². The van der Waals surface area contributed by atoms with Gasteiger partial charge in [-0.15, -0.1) is 0 Å². The molecule has 1 aliphatic heterocycles. The van der Waals surface area contributed by atoms with Crippen molar-refractivity contribution in [3.05, 3.63) is 65.6 Å². The summed E-state index contributed by atoms with van der Waals surface area (Å²) in [5.41, 5.74) is 0.566. The van der Waals surface area contributed by atoms with Crippen LogP contribution in [-0.4, -0.2) is 53.8 Å². The van der Waals surface area contributed by atoms with E-state index >= 15 is 0 Å². The second-order valence-corrected chi connectivity index (χ2v) is 6.53. The first kappa shape index (κ1) is 17.9. The molecule has 1 aromatic heterocycles. The van der Waals surface area contributed by atoms with E-state index in [1.165, 1.54) is 11.2 Å². The fourth-order valence-corrected chi connectivity index (χ4v) is 3.16. The SMILES string of the molecule is CN(C)CCCN1C(=O)C(=O)C(=C(O)c2ccccc2)[C@H]1c1ccco1. The van der Waals surface area contributed by atoms with Crippen molar-refractivity contribution in [2.75, 3.05) is 27.2 Å². The van der Waals surface area contributed by atoms with Gasteiger partial charge in [0.2, 0.25) is 0 Å². The molecule has 3 rings (SSSR count). The minimum absolute atomic E-state index is 0.0704. The van der Waals surface area contributed by atoms with Crippen molar-refractivity contribution in [1.82, 2.24) is 9.80 Å². The van der Waals surface area contributed by atoms with Crippen LogP contribution in [0.5, 0.6) is 0 Å². The zero-order chi connectivity index (χ0) is 18.7. The number of aliphatic hydroxyl groups is 1. The van der Waals surface area contributed by atoms with E-state index in [2.05, 4.69) is 0 Å². The Labute approximate surface area is 152 Å². The van der Waals surface area contributed by atoms with E-state index < -0.39 is 17.7 Å². The highest BCUT2D eigenvalue weighted by atomic mass is 16.3. The fourth-order valence-electron chi connectivity index (χ4n) is 3.16. The predicted molar refractivity (Wildman–Crippen MR) is 97.3 cm³/mol. The summed E-state index contributed by atoms with van der Waals surface area (Å²) in [6.45, 7) is 1.19. The Hall–Kier alpha value is -2.86. The van der Waals surface area contributed by atoms with Crippen molar-refractivity contribution in [2.24, 2.45) is 0 Å². The van der Waals surface area contributed by atoms with E-state index in [1.54, 1.807) is 36.4 Å². The number of furan rings is 1. The van der Waals surface area contributed by atoms with Crippen molar-refractivity contribution in [2.45, 2.75) is 12.5 Å². The highest BCUT2D eigenvalue weighted by Gasteiger charge is 2.47. The molecule has 0 radical (unpaired) electrons. The maximum absolute atomic E-state index is 12.7. The van der Waals surface area contributed by atoms with Gasteiger partial charge in [-0.2, -0.15) is 0 Å². The molecule has 1 saturated heterocycles. The van der Waals surface area contributed by atoms with Gasteiger partial charge in [-0.25, -0.2) is 0 Å². The molecule has 0 aliphatic carbocycles. The number of ketones is 1. The highest BCUT2D eigenvalue weighted by Crippen LogP contribution is 2.39. The molecule has 1 fully saturated rings. The largest absolute Gasteiger partial charge is 0.507 e. The van der Waals surface area contributed by atoms with Crippen molar-refractivity contribution < 1.29 is 19.1 Å². The van der Waals surface area contributed by atoms with E-state index in [4.69, 9.17) is 4.42 Å². The minimum Gasteiger partial charge on any atom is -0.507 e. The first-order valence-corrected chi connectivity index (χ1v) is 8.52. The molecule has 2 aromatic rings. The molecule has 1 aliphatic rings. The van der Waals surface area contributed by atoms with Crippen molar-refractivity contribution in [3.8, 4) is 0 Å². The third-order valence-corrected chi connectivity index (χ3v) is 4.40. The van der Waals surface area contributed by atoms with Gasteiger partial charge in [-0.05, 0) is 39.2 Å². The van der Waals surface area contributed by atoms with Gasteiger partial charge in [0.15, 0.2) is 0 Å². The molecule has 2 heterocycles. The Morgan fingerprint density at radius 1 is 1.15 bits per heavy atom. The first-order valence-electron chi connectivity index (χ1n) is 8.52. The van der Waals surface area contributed by atoms with Gasteiger partial charge in [-0.3, -0.25) is 9.59 Å². The van der Waals surface area contributed by atoms with Gasteiger partial charge >= 0.3 is 0 Å². The van der Waals surface area contributed by atoms with Crippen LogP contribution in [-0.2, 0) is 9.59 Å². The van der Waals surface area contributed by atoms with Gasteiger partial charge in [0.1, 0.15) is 17.6 Å². The van der Waals surface area contributed by atoms with Crippen LogP contribution in [0.3, 0.4) is 0 Å². The standard InChI is InChI=1S/C20H22N2O4/c1-21(2)11-7-12-22-17(15-10-6-13-26-15)16(19(24)20(22)25)18(23)14-8-4-3-5-9-14/h3-6,8-10,13,17,23H,7,11-12H2,1-2H3/t17-/m1/s1. The topological polar surface area (TPSA) is 74.0 Å². The van der Waals surface area contributed by atoms with Crippen molar-refractivity contribution >= 4 is 17.4 Å². The second-order valence-electron chi connectivity index (χ2n) is 6.53. The molecule has 0 unspecified atom stereocenters. The molecule has 0 bridgehead atoms. The van der Waals surface area contributed by atoms with Crippen LogP contribution in [0.15, 0.2) is 58.7 Å². The molecule has 1 amide bonds. The molecule has 0 spiro atoms. The summed E-state index contributed by atoms with van der Waals surface area (Å²) < 4.78 is 5.49. The fraction of sp³-hybridized carbons (Fsp3) is 0.300. The number of hydrogen-bond acceptors (Lipinski definition) is 5. The Morgan fingerprint density at radius 3 is 2.50 bits per heavy atom. The van der Waals surface area contributed by atoms with Crippen LogP contribution in [0.4, 0.5) is 0 Å². The number of benzene rings is 1. The Kier molecular flexibility index (Phi) is 5.23. The molecular formula is C20H22N2O4. The van der Waals surface area contributed by atoms with Crippen molar-refractivity contribution in [3.63, 3.8) is 0 Å². The number of rotatable bonds is 6. The highest BCUT2D eigenvalue weighted by molar-refractivity contribution is 6.46. The van der Waals surface area contributed by atoms with E-state index in [1.807, 2.05) is 25.1 Å². The van der Waals surface area contributed by atoms with Gasteiger partial charge in [0.05, 0.1) is 11.8 Å². The number of nitrogens with zero attached hydrogens (tertiary/aromatic N) is 2. The maximum atomic E-state index is 12.7. The number of carbonyl (C=O) groups is 2. The molecule has 0 saturated carbocycles. The van der Waals surface area contributed by atoms with E-state index in [9.17, 15) is 14.7 Å². The summed E-state index contributed by atoms with van der Waals surface area (Å²) in [6.07, 6.45) is 2.21. The predicted octanol–water partition coefficient (Wildman–Crippen LogP) is 2.65. The summed E-state index contributed by atoms with van der Waals surface area (Å²) >= 11 is 0. The summed E-state index contributed by atoms with van der Waals surface area (Å²) in [5.74, 6) is -1.01. The molecule has 136 valence electrons. The molecule has 6 nitrogen and oxygen atoms in total. The van der Waals surface area contributed by atoms with E-state index in [0.717, 1.165) is 6.54 Å². The second kappa shape index (κ2) is 7.58. The molecule has 1 N–H and O–H groups in total. The van der Waals surface area contributed by atoms with Crippen molar-refractivity contribution in [1.29, 1.82) is 0 Å². The number of likely N-dealkylation sites (tertiary alicyclic amines) is 1. The number of amides is 1. The molecule has 1 atom stereocenters. The van der Waals surface area contributed by atoms with Gasteiger partial charge in [0.25, 0.3) is 11.7 Å². The van der Waals surface area contributed by atoms with Crippen LogP contribution in [0.25, 0.3) is 5.76 Å². The average Bonchev–Trinajstić information content (AvgIpc) is 3.24. The lowest BCUT2D eigenvalue weighted by molar-refractivity contribution is -0.140. The minimum atomic E-state index is -0.715. The normalized spacial score (nSPS) is 19.5. The lowest BCUT2D eigenvalue weighted by Gasteiger charge is -2.23. The van der Waals surface area contributed by atoms with Gasteiger partial charge in [-0.1, -0.05) is 30.3 Å². The smallest absolute Gasteiger partial charge is 0.295 e. The maximum Gasteiger partial charge on any atom is 0.295 e. The summed E-state index contributed by atoms with van der Waals surface area (Å²) in [5, 5.41) is 10.7. The lowest BCUT2D eigenvalue weighted by Crippen LogP contribution is -2.32. The van der Waals surface area contributed by atoms with Crippen LogP contribution >= 0.6 is 0 Å². The molecule has 26 heavy (non-hydrogen) atoms. The third-order valence-electron chi connectivity index (χ3n) is 4.40. The zero-order valence-electron chi connectivity index (χ0n) is 14.9. The first-order chi connectivity index (χ1) is 12.5. The number of Topliss-reactive ketones (excluding diaryl/α,β-unsaturated/α-hetero) is 1. The van der Waals surface area contributed by atoms with E-state index in [-0.39, 0.29) is 11.3 Å². The van der Waals surface area contributed by atoms with Crippen LogP contribution in [0.2, 0.25) is 0 Å². The third kappa shape index (κ3) is 3.41. The summed E-state index contributed by atoms with van der Waals surface area (Å²) in [4.78, 5) is 28.8. The molecule has 6 heteroatoms. The monoisotopic (exact) mass is 354 g/mol. The average molecular weight is 354 g/mol. The molecule has 1 aromatic carbocycles. The molecular weight excluding hydrogens is 332 g/mol. The quantitative estimate of drug-likeness (QED) is 0.490. The lowest BCUT2D eigenvalue weighted by atomic mass is 9.99. The Morgan fingerprint density at radius 2 is 1.88 bits per heavy atom. The zero-order valence-corrected chi connectivity index (χ0v) is 14.9. The van der Waals surface area contributed by atoms with Crippen LogP contribution in [0, 0.1) is 0 Å². The van der Waals surface area contributed by atoms with E-state index in [0.29, 0.717) is 24.3 Å². The summed E-state index contributed by atoms with van der Waals surface area (Å²) in [6, 6.07) is 11.5. The number of hydrogen-bond donors (Lipinski definition) is 1. The Bertz CT molecular complexity index is 810. The van der Waals surface area contributed by atoms with Crippen LogP contribution in [0.1, 0.15) is 23.8 Å². The van der Waals surface area contributed by atoms with Gasteiger partial charge in [0, 0.05) is 12.1 Å². The Balaban J connectivity index is 2.02.